The molecular formula is C19H20O5. The Kier molecular flexibility index (Phi) is 6.25. The molecule has 0 aliphatic carbocycles. The van der Waals surface area contributed by atoms with Crippen LogP contribution in [0.1, 0.15) is 11.1 Å². The van der Waals surface area contributed by atoms with Gasteiger partial charge in [0.15, 0.2) is 11.5 Å². The summed E-state index contributed by atoms with van der Waals surface area (Å²) in [5, 5.41) is 0. The minimum atomic E-state index is -0.433. The third-order valence-corrected chi connectivity index (χ3v) is 3.32. The molecule has 0 atom stereocenters. The molecule has 0 amide bonds. The van der Waals surface area contributed by atoms with Crippen molar-refractivity contribution in [3.8, 4) is 17.2 Å². The Morgan fingerprint density at radius 2 is 1.62 bits per heavy atom. The number of rotatable bonds is 7. The van der Waals surface area contributed by atoms with E-state index < -0.39 is 5.97 Å². The van der Waals surface area contributed by atoms with Crippen molar-refractivity contribution < 1.29 is 23.7 Å². The highest BCUT2D eigenvalue weighted by molar-refractivity contribution is 5.87. The van der Waals surface area contributed by atoms with E-state index in [1.807, 2.05) is 30.3 Å². The summed E-state index contributed by atoms with van der Waals surface area (Å²) in [4.78, 5) is 11.2. The molecule has 2 aromatic carbocycles. The smallest absolute Gasteiger partial charge is 0.330 e. The summed E-state index contributed by atoms with van der Waals surface area (Å²) in [6, 6.07) is 13.3. The summed E-state index contributed by atoms with van der Waals surface area (Å²) < 4.78 is 21.2. The van der Waals surface area contributed by atoms with Gasteiger partial charge in [-0.15, -0.1) is 0 Å². The molecule has 126 valence electrons. The van der Waals surface area contributed by atoms with Crippen LogP contribution in [-0.2, 0) is 16.1 Å². The predicted octanol–water partition coefficient (Wildman–Crippen LogP) is 3.47. The number of ether oxygens (including phenoxy) is 4. The maximum Gasteiger partial charge on any atom is 0.330 e. The van der Waals surface area contributed by atoms with Gasteiger partial charge in [-0.3, -0.25) is 0 Å². The van der Waals surface area contributed by atoms with E-state index in [0.29, 0.717) is 23.9 Å². The number of carbonyl (C=O) groups excluding carboxylic acids is 1. The van der Waals surface area contributed by atoms with Gasteiger partial charge in [0.2, 0.25) is 5.75 Å². The van der Waals surface area contributed by atoms with E-state index in [0.717, 1.165) is 11.1 Å². The van der Waals surface area contributed by atoms with Crippen LogP contribution in [0.2, 0.25) is 0 Å². The Morgan fingerprint density at radius 1 is 1.00 bits per heavy atom. The predicted molar refractivity (Wildman–Crippen MR) is 91.4 cm³/mol. The van der Waals surface area contributed by atoms with Crippen LogP contribution in [-0.4, -0.2) is 27.3 Å². The molecule has 5 nitrogen and oxygen atoms in total. The molecule has 0 spiro atoms. The molecule has 0 N–H and O–H groups in total. The van der Waals surface area contributed by atoms with Gasteiger partial charge in [-0.1, -0.05) is 30.3 Å². The molecule has 0 aliphatic rings. The standard InChI is InChI=1S/C19H20O5/c1-21-16-11-15(9-10-18(20)23-3)12-17(22-2)19(16)24-13-14-7-5-4-6-8-14/h4-12H,13H2,1-3H3. The average Bonchev–Trinajstić information content (AvgIpc) is 2.64. The molecule has 2 rings (SSSR count). The van der Waals surface area contributed by atoms with Crippen LogP contribution in [0.15, 0.2) is 48.5 Å². The van der Waals surface area contributed by atoms with Crippen molar-refractivity contribution in [1.82, 2.24) is 0 Å². The minimum Gasteiger partial charge on any atom is -0.493 e. The van der Waals surface area contributed by atoms with E-state index in [1.165, 1.54) is 13.2 Å². The van der Waals surface area contributed by atoms with E-state index in [2.05, 4.69) is 4.74 Å². The second-order valence-corrected chi connectivity index (χ2v) is 4.89. The highest BCUT2D eigenvalue weighted by Gasteiger charge is 2.14. The van der Waals surface area contributed by atoms with Crippen LogP contribution in [0.4, 0.5) is 0 Å². The van der Waals surface area contributed by atoms with Crippen molar-refractivity contribution in [3.63, 3.8) is 0 Å². The third kappa shape index (κ3) is 4.52. The first-order valence-electron chi connectivity index (χ1n) is 7.36. The number of esters is 1. The zero-order valence-electron chi connectivity index (χ0n) is 13.9. The molecule has 0 aliphatic heterocycles. The Hall–Kier alpha value is -2.95. The van der Waals surface area contributed by atoms with Gasteiger partial charge >= 0.3 is 5.97 Å². The normalized spacial score (nSPS) is 10.5. The number of hydrogen-bond donors (Lipinski definition) is 0. The van der Waals surface area contributed by atoms with Crippen molar-refractivity contribution in [2.75, 3.05) is 21.3 Å². The van der Waals surface area contributed by atoms with Crippen LogP contribution in [0.25, 0.3) is 6.08 Å². The highest BCUT2D eigenvalue weighted by atomic mass is 16.5. The topological polar surface area (TPSA) is 54.0 Å². The number of benzene rings is 2. The first-order valence-corrected chi connectivity index (χ1v) is 7.36. The molecule has 0 radical (unpaired) electrons. The molecule has 24 heavy (non-hydrogen) atoms. The Labute approximate surface area is 141 Å². The first kappa shape index (κ1) is 17.4. The second kappa shape index (κ2) is 8.62. The van der Waals surface area contributed by atoms with Gasteiger partial charge in [0.05, 0.1) is 21.3 Å². The van der Waals surface area contributed by atoms with Gasteiger partial charge in [-0.25, -0.2) is 4.79 Å². The number of carbonyl (C=O) groups is 1. The van der Waals surface area contributed by atoms with Crippen molar-refractivity contribution >= 4 is 12.0 Å². The van der Waals surface area contributed by atoms with E-state index in [4.69, 9.17) is 14.2 Å². The molecule has 0 heterocycles. The quantitative estimate of drug-likeness (QED) is 0.575. The molecule has 0 bridgehead atoms. The lowest BCUT2D eigenvalue weighted by atomic mass is 10.1. The summed E-state index contributed by atoms with van der Waals surface area (Å²) in [7, 11) is 4.43. The summed E-state index contributed by atoms with van der Waals surface area (Å²) in [5.41, 5.74) is 1.78. The second-order valence-electron chi connectivity index (χ2n) is 4.89. The molecule has 2 aromatic rings. The third-order valence-electron chi connectivity index (χ3n) is 3.32. The monoisotopic (exact) mass is 328 g/mol. The van der Waals surface area contributed by atoms with Gasteiger partial charge in [-0.2, -0.15) is 0 Å². The van der Waals surface area contributed by atoms with Crippen molar-refractivity contribution in [3.05, 3.63) is 59.7 Å². The van der Waals surface area contributed by atoms with E-state index >= 15 is 0 Å². The maximum atomic E-state index is 11.2. The molecule has 0 aromatic heterocycles. The lowest BCUT2D eigenvalue weighted by molar-refractivity contribution is -0.134. The minimum absolute atomic E-state index is 0.394. The summed E-state index contributed by atoms with van der Waals surface area (Å²) in [6.45, 7) is 0.394. The van der Waals surface area contributed by atoms with Crippen molar-refractivity contribution in [2.24, 2.45) is 0 Å². The van der Waals surface area contributed by atoms with Gasteiger partial charge < -0.3 is 18.9 Å². The Balaban J connectivity index is 2.26. The Bertz CT molecular complexity index is 682. The van der Waals surface area contributed by atoms with Crippen LogP contribution >= 0.6 is 0 Å². The molecular weight excluding hydrogens is 308 g/mol. The molecule has 0 saturated heterocycles. The van der Waals surface area contributed by atoms with Crippen LogP contribution in [0.3, 0.4) is 0 Å². The van der Waals surface area contributed by atoms with Crippen molar-refractivity contribution in [1.29, 1.82) is 0 Å². The lowest BCUT2D eigenvalue weighted by Crippen LogP contribution is -2.00. The molecule has 0 saturated carbocycles. The summed E-state index contributed by atoms with van der Waals surface area (Å²) in [6.07, 6.45) is 2.95. The lowest BCUT2D eigenvalue weighted by Gasteiger charge is -2.15. The largest absolute Gasteiger partial charge is 0.493 e. The molecule has 0 unspecified atom stereocenters. The SMILES string of the molecule is COC(=O)C=Cc1cc(OC)c(OCc2ccccc2)c(OC)c1. The Morgan fingerprint density at radius 3 is 2.17 bits per heavy atom. The fraction of sp³-hybridized carbons (Fsp3) is 0.211. The number of methoxy groups -OCH3 is 3. The fourth-order valence-electron chi connectivity index (χ4n) is 2.10. The zero-order valence-corrected chi connectivity index (χ0v) is 13.9. The van der Waals surface area contributed by atoms with Crippen molar-refractivity contribution in [2.45, 2.75) is 6.61 Å². The fourth-order valence-corrected chi connectivity index (χ4v) is 2.10. The molecule has 0 fully saturated rings. The van der Waals surface area contributed by atoms with E-state index in [-0.39, 0.29) is 0 Å². The average molecular weight is 328 g/mol. The number of hydrogen-bond acceptors (Lipinski definition) is 5. The van der Waals surface area contributed by atoms with Gasteiger partial charge in [0.25, 0.3) is 0 Å². The first-order chi connectivity index (χ1) is 11.7. The van der Waals surface area contributed by atoms with Gasteiger partial charge in [0, 0.05) is 6.08 Å². The van der Waals surface area contributed by atoms with E-state index in [9.17, 15) is 4.79 Å². The van der Waals surface area contributed by atoms with Crippen LogP contribution in [0.5, 0.6) is 17.2 Å². The zero-order chi connectivity index (χ0) is 17.4. The van der Waals surface area contributed by atoms with E-state index in [1.54, 1.807) is 32.4 Å². The van der Waals surface area contributed by atoms with Crippen LogP contribution < -0.4 is 14.2 Å². The maximum absolute atomic E-state index is 11.2. The molecule has 5 heteroatoms. The summed E-state index contributed by atoms with van der Waals surface area (Å²) in [5.74, 6) is 1.13. The highest BCUT2D eigenvalue weighted by Crippen LogP contribution is 2.39. The summed E-state index contributed by atoms with van der Waals surface area (Å²) >= 11 is 0. The van der Waals surface area contributed by atoms with Crippen LogP contribution in [0, 0.1) is 0 Å². The van der Waals surface area contributed by atoms with Gasteiger partial charge in [0.1, 0.15) is 6.61 Å². The van der Waals surface area contributed by atoms with Gasteiger partial charge in [-0.05, 0) is 29.3 Å².